The Balaban J connectivity index is 1.86. The van der Waals surface area contributed by atoms with Gasteiger partial charge in [-0.3, -0.25) is 9.20 Å². The monoisotopic (exact) mass is 338 g/mol. The lowest BCUT2D eigenvalue weighted by atomic mass is 10.1. The summed E-state index contributed by atoms with van der Waals surface area (Å²) in [7, 11) is 0. The lowest BCUT2D eigenvalue weighted by Crippen LogP contribution is -2.05. The van der Waals surface area contributed by atoms with Crippen molar-refractivity contribution < 1.29 is 9.18 Å². The van der Waals surface area contributed by atoms with Crippen LogP contribution < -0.4 is 0 Å². The Labute approximate surface area is 120 Å². The Morgan fingerprint density at radius 1 is 1.47 bits per heavy atom. The van der Waals surface area contributed by atoms with E-state index in [1.54, 1.807) is 0 Å². The molecule has 0 spiro atoms. The predicted molar refractivity (Wildman–Crippen MR) is 75.2 cm³/mol. The fourth-order valence-electron chi connectivity index (χ4n) is 1.84. The van der Waals surface area contributed by atoms with Crippen molar-refractivity contribution in [2.24, 2.45) is 0 Å². The lowest BCUT2D eigenvalue weighted by molar-refractivity contribution is 0.0991. The highest BCUT2D eigenvalue weighted by Crippen LogP contribution is 2.20. The Morgan fingerprint density at radius 2 is 2.32 bits per heavy atom. The first-order valence-electron chi connectivity index (χ1n) is 5.53. The number of carbonyl (C=O) groups is 1. The molecule has 3 aromatic rings. The average molecular weight is 339 g/mol. The summed E-state index contributed by atoms with van der Waals surface area (Å²) in [5.74, 6) is -0.455. The molecule has 1 aromatic carbocycles. The molecule has 0 saturated carbocycles. The second kappa shape index (κ2) is 4.86. The third kappa shape index (κ3) is 2.46. The van der Waals surface area contributed by atoms with E-state index in [9.17, 15) is 9.18 Å². The van der Waals surface area contributed by atoms with E-state index in [-0.39, 0.29) is 18.0 Å². The van der Waals surface area contributed by atoms with Gasteiger partial charge in [0.2, 0.25) is 0 Å². The van der Waals surface area contributed by atoms with Gasteiger partial charge in [0, 0.05) is 27.8 Å². The molecule has 0 amide bonds. The van der Waals surface area contributed by atoms with E-state index < -0.39 is 0 Å². The van der Waals surface area contributed by atoms with Crippen molar-refractivity contribution in [3.8, 4) is 0 Å². The van der Waals surface area contributed by atoms with E-state index in [4.69, 9.17) is 0 Å². The van der Waals surface area contributed by atoms with Gasteiger partial charge >= 0.3 is 0 Å². The molecule has 0 radical (unpaired) electrons. The molecular weight excluding hydrogens is 331 g/mol. The summed E-state index contributed by atoms with van der Waals surface area (Å²) < 4.78 is 15.3. The van der Waals surface area contributed by atoms with Crippen molar-refractivity contribution in [3.05, 3.63) is 57.5 Å². The molecule has 0 aliphatic carbocycles. The zero-order chi connectivity index (χ0) is 13.4. The molecule has 0 N–H and O–H groups in total. The van der Waals surface area contributed by atoms with Gasteiger partial charge in [-0.2, -0.15) is 0 Å². The van der Waals surface area contributed by atoms with E-state index >= 15 is 0 Å². The van der Waals surface area contributed by atoms with Crippen LogP contribution in [0.25, 0.3) is 4.96 Å². The number of hydrogen-bond donors (Lipinski definition) is 0. The average Bonchev–Trinajstić information content (AvgIpc) is 2.89. The molecule has 0 bridgehead atoms. The maximum atomic E-state index is 13.0. The van der Waals surface area contributed by atoms with Gasteiger partial charge in [0.1, 0.15) is 5.82 Å². The number of halogens is 2. The summed E-state index contributed by atoms with van der Waals surface area (Å²) in [6, 6.07) is 4.06. The summed E-state index contributed by atoms with van der Waals surface area (Å²) in [6.07, 6.45) is 3.94. The number of rotatable bonds is 3. The minimum Gasteiger partial charge on any atom is -0.297 e. The standard InChI is InChI=1S/C13H8BrFN2OS/c14-11-5-8(15)1-2-10(11)12(18)6-9-7-17-3-4-19-13(17)16-9/h1-5,7H,6H2. The summed E-state index contributed by atoms with van der Waals surface area (Å²) in [5.41, 5.74) is 1.19. The van der Waals surface area contributed by atoms with Gasteiger partial charge in [-0.15, -0.1) is 11.3 Å². The fraction of sp³-hybridized carbons (Fsp3) is 0.0769. The number of hydrogen-bond acceptors (Lipinski definition) is 3. The largest absolute Gasteiger partial charge is 0.297 e. The van der Waals surface area contributed by atoms with Gasteiger partial charge < -0.3 is 0 Å². The summed E-state index contributed by atoms with van der Waals surface area (Å²) in [4.78, 5) is 17.4. The molecule has 0 saturated heterocycles. The van der Waals surface area contributed by atoms with E-state index in [0.29, 0.717) is 15.7 Å². The third-order valence-electron chi connectivity index (χ3n) is 2.72. The Hall–Kier alpha value is -1.53. The normalized spacial score (nSPS) is 11.1. The number of nitrogens with zero attached hydrogens (tertiary/aromatic N) is 2. The topological polar surface area (TPSA) is 34.4 Å². The first-order valence-corrected chi connectivity index (χ1v) is 7.20. The predicted octanol–water partition coefficient (Wildman–Crippen LogP) is 3.72. The number of carbonyl (C=O) groups excluding carboxylic acids is 1. The number of benzene rings is 1. The Bertz CT molecular complexity index is 736. The van der Waals surface area contributed by atoms with Crippen LogP contribution in [0.1, 0.15) is 16.1 Å². The number of ketones is 1. The molecule has 96 valence electrons. The van der Waals surface area contributed by atoms with E-state index in [2.05, 4.69) is 20.9 Å². The van der Waals surface area contributed by atoms with Crippen LogP contribution in [0.3, 0.4) is 0 Å². The zero-order valence-electron chi connectivity index (χ0n) is 9.64. The summed E-state index contributed by atoms with van der Waals surface area (Å²) >= 11 is 4.72. The van der Waals surface area contributed by atoms with Crippen molar-refractivity contribution in [1.29, 1.82) is 0 Å². The van der Waals surface area contributed by atoms with E-state index in [1.165, 1.54) is 29.5 Å². The van der Waals surface area contributed by atoms with Crippen LogP contribution in [-0.2, 0) is 6.42 Å². The van der Waals surface area contributed by atoms with Crippen molar-refractivity contribution in [1.82, 2.24) is 9.38 Å². The van der Waals surface area contributed by atoms with Gasteiger partial charge in [0.05, 0.1) is 12.1 Å². The number of fused-ring (bicyclic) bond motifs is 1. The van der Waals surface area contributed by atoms with Gasteiger partial charge in [0.25, 0.3) is 0 Å². The second-order valence-corrected chi connectivity index (χ2v) is 5.78. The highest BCUT2D eigenvalue weighted by Gasteiger charge is 2.13. The van der Waals surface area contributed by atoms with Gasteiger partial charge in [0.15, 0.2) is 10.7 Å². The molecule has 3 nitrogen and oxygen atoms in total. The molecule has 6 heteroatoms. The molecule has 0 aliphatic heterocycles. The minimum atomic E-state index is -0.370. The molecule has 0 unspecified atom stereocenters. The van der Waals surface area contributed by atoms with E-state index in [1.807, 2.05) is 22.2 Å². The van der Waals surface area contributed by atoms with Crippen molar-refractivity contribution in [2.75, 3.05) is 0 Å². The highest BCUT2D eigenvalue weighted by molar-refractivity contribution is 9.10. The van der Waals surface area contributed by atoms with Crippen LogP contribution >= 0.6 is 27.3 Å². The number of Topliss-reactive ketones (excluding diaryl/α,β-unsaturated/α-hetero) is 1. The van der Waals surface area contributed by atoms with Crippen LogP contribution in [0, 0.1) is 5.82 Å². The van der Waals surface area contributed by atoms with Gasteiger partial charge in [-0.25, -0.2) is 9.37 Å². The first-order chi connectivity index (χ1) is 9.13. The summed E-state index contributed by atoms with van der Waals surface area (Å²) in [6.45, 7) is 0. The van der Waals surface area contributed by atoms with Crippen LogP contribution in [0.4, 0.5) is 4.39 Å². The molecule has 3 rings (SSSR count). The smallest absolute Gasteiger partial charge is 0.193 e. The van der Waals surface area contributed by atoms with Crippen LogP contribution in [0.2, 0.25) is 0 Å². The van der Waals surface area contributed by atoms with Crippen molar-refractivity contribution >= 4 is 38.0 Å². The number of imidazole rings is 1. The Morgan fingerprint density at radius 3 is 3.05 bits per heavy atom. The van der Waals surface area contributed by atoms with Crippen LogP contribution in [0.15, 0.2) is 40.4 Å². The fourth-order valence-corrected chi connectivity index (χ4v) is 3.13. The lowest BCUT2D eigenvalue weighted by Gasteiger charge is -2.02. The second-order valence-electron chi connectivity index (χ2n) is 4.05. The molecule has 0 fully saturated rings. The quantitative estimate of drug-likeness (QED) is 0.682. The van der Waals surface area contributed by atoms with Crippen LogP contribution in [0.5, 0.6) is 0 Å². The maximum absolute atomic E-state index is 13.0. The van der Waals surface area contributed by atoms with Crippen LogP contribution in [-0.4, -0.2) is 15.2 Å². The molecule has 19 heavy (non-hydrogen) atoms. The molecule has 2 aromatic heterocycles. The van der Waals surface area contributed by atoms with Gasteiger partial charge in [-0.1, -0.05) is 0 Å². The molecule has 0 aliphatic rings. The first kappa shape index (κ1) is 12.5. The zero-order valence-corrected chi connectivity index (χ0v) is 12.0. The number of aromatic nitrogens is 2. The van der Waals surface area contributed by atoms with Crippen molar-refractivity contribution in [2.45, 2.75) is 6.42 Å². The van der Waals surface area contributed by atoms with Gasteiger partial charge in [-0.05, 0) is 34.1 Å². The summed E-state index contributed by atoms with van der Waals surface area (Å²) in [5, 5.41) is 1.94. The number of thiazole rings is 1. The van der Waals surface area contributed by atoms with Crippen molar-refractivity contribution in [3.63, 3.8) is 0 Å². The minimum absolute atomic E-state index is 0.0855. The third-order valence-corrected chi connectivity index (χ3v) is 4.14. The van der Waals surface area contributed by atoms with E-state index in [0.717, 1.165) is 4.96 Å². The Kier molecular flexibility index (Phi) is 3.20. The molecular formula is C13H8BrFN2OS. The SMILES string of the molecule is O=C(Cc1cn2ccsc2n1)c1ccc(F)cc1Br. The molecule has 2 heterocycles. The maximum Gasteiger partial charge on any atom is 0.193 e. The highest BCUT2D eigenvalue weighted by atomic mass is 79.9. The molecule has 0 atom stereocenters.